The number of nitrogens with zero attached hydrogens (tertiary/aromatic N) is 6. The van der Waals surface area contributed by atoms with Crippen molar-refractivity contribution in [3.05, 3.63) is 36.7 Å². The molecule has 172 valence electrons. The monoisotopic (exact) mass is 449 g/mol. The predicted molar refractivity (Wildman–Crippen MR) is 123 cm³/mol. The Balaban J connectivity index is 1.30. The second-order valence-corrected chi connectivity index (χ2v) is 8.80. The van der Waals surface area contributed by atoms with Crippen molar-refractivity contribution in [1.82, 2.24) is 29.8 Å². The SMILES string of the molecule is CN1CCN(c2nccc3oc(-c4cnc5ccc(OCC6CCC(O)N6)nn45)cc23)CC1. The molecular weight excluding hydrogens is 422 g/mol. The highest BCUT2D eigenvalue weighted by atomic mass is 16.5. The highest BCUT2D eigenvalue weighted by Crippen LogP contribution is 2.33. The fourth-order valence-electron chi connectivity index (χ4n) is 4.56. The van der Waals surface area contributed by atoms with Crippen LogP contribution in [0.3, 0.4) is 0 Å². The van der Waals surface area contributed by atoms with Crippen LogP contribution in [0.4, 0.5) is 5.82 Å². The van der Waals surface area contributed by atoms with Crippen molar-refractivity contribution in [2.45, 2.75) is 25.1 Å². The number of furan rings is 1. The van der Waals surface area contributed by atoms with Gasteiger partial charge in [0.05, 0.1) is 11.6 Å². The maximum absolute atomic E-state index is 9.63. The van der Waals surface area contributed by atoms with E-state index in [-0.39, 0.29) is 6.04 Å². The van der Waals surface area contributed by atoms with Gasteiger partial charge in [0.25, 0.3) is 0 Å². The van der Waals surface area contributed by atoms with Gasteiger partial charge in [0.2, 0.25) is 5.88 Å². The Kier molecular flexibility index (Phi) is 5.12. The number of imidazole rings is 1. The van der Waals surface area contributed by atoms with Gasteiger partial charge in [-0.15, -0.1) is 5.10 Å². The second-order valence-electron chi connectivity index (χ2n) is 8.80. The zero-order valence-electron chi connectivity index (χ0n) is 18.5. The van der Waals surface area contributed by atoms with Gasteiger partial charge in [-0.2, -0.15) is 0 Å². The van der Waals surface area contributed by atoms with Crippen molar-refractivity contribution < 1.29 is 14.3 Å². The molecule has 4 aromatic rings. The third-order valence-corrected chi connectivity index (χ3v) is 6.47. The van der Waals surface area contributed by atoms with Gasteiger partial charge in [-0.1, -0.05) is 0 Å². The average molecular weight is 450 g/mol. The number of likely N-dealkylation sites (N-methyl/N-ethyl adjacent to an activating group) is 1. The van der Waals surface area contributed by atoms with Crippen LogP contribution >= 0.6 is 0 Å². The van der Waals surface area contributed by atoms with E-state index < -0.39 is 6.23 Å². The molecule has 2 atom stereocenters. The van der Waals surface area contributed by atoms with Crippen molar-refractivity contribution in [3.8, 4) is 17.3 Å². The minimum atomic E-state index is -0.451. The second kappa shape index (κ2) is 8.29. The first-order valence-corrected chi connectivity index (χ1v) is 11.4. The number of aromatic nitrogens is 4. The molecule has 2 aliphatic heterocycles. The summed E-state index contributed by atoms with van der Waals surface area (Å²) in [5.74, 6) is 2.14. The molecule has 0 aliphatic carbocycles. The van der Waals surface area contributed by atoms with Gasteiger partial charge in [0.15, 0.2) is 11.4 Å². The number of aliphatic hydroxyl groups is 1. The third-order valence-electron chi connectivity index (χ3n) is 6.47. The number of hydrogen-bond acceptors (Lipinski definition) is 9. The van der Waals surface area contributed by atoms with Crippen LogP contribution in [0.1, 0.15) is 12.8 Å². The van der Waals surface area contributed by atoms with Crippen LogP contribution < -0.4 is 15.0 Å². The molecule has 4 aromatic heterocycles. The number of ether oxygens (including phenoxy) is 1. The summed E-state index contributed by atoms with van der Waals surface area (Å²) in [6.07, 6.45) is 4.73. The van der Waals surface area contributed by atoms with E-state index in [2.05, 4.69) is 37.2 Å². The van der Waals surface area contributed by atoms with Gasteiger partial charge in [-0.3, -0.25) is 5.32 Å². The van der Waals surface area contributed by atoms with Gasteiger partial charge in [-0.05, 0) is 38.1 Å². The number of rotatable bonds is 5. The first-order valence-electron chi connectivity index (χ1n) is 11.4. The zero-order valence-corrected chi connectivity index (χ0v) is 18.5. The standard InChI is InChI=1S/C23H27N7O3/c1-28-8-10-29(11-9-28)23-16-12-19(33-18(16)6-7-24-23)17-13-25-20-3-5-22(27-30(17)20)32-14-15-2-4-21(31)26-15/h3,5-7,12-13,15,21,26,31H,2,4,8-11,14H2,1H3. The molecule has 2 N–H and O–H groups in total. The number of fused-ring (bicyclic) bond motifs is 2. The molecule has 0 saturated carbocycles. The fraction of sp³-hybridized carbons (Fsp3) is 0.435. The molecule has 10 heteroatoms. The maximum atomic E-state index is 9.63. The van der Waals surface area contributed by atoms with Crippen LogP contribution in [0.25, 0.3) is 28.1 Å². The van der Waals surface area contributed by atoms with Gasteiger partial charge < -0.3 is 24.1 Å². The normalized spacial score (nSPS) is 21.9. The molecule has 2 aliphatic rings. The Hall–Kier alpha value is -3.21. The number of aliphatic hydroxyl groups excluding tert-OH is 1. The molecule has 10 nitrogen and oxygen atoms in total. The molecule has 0 aromatic carbocycles. The number of piperazine rings is 1. The van der Waals surface area contributed by atoms with E-state index in [1.165, 1.54) is 0 Å². The van der Waals surface area contributed by atoms with Crippen molar-refractivity contribution >= 4 is 22.4 Å². The molecule has 2 saturated heterocycles. The molecular formula is C23H27N7O3. The molecule has 0 spiro atoms. The highest BCUT2D eigenvalue weighted by Gasteiger charge is 2.23. The van der Waals surface area contributed by atoms with Gasteiger partial charge in [0, 0.05) is 44.5 Å². The molecule has 2 unspecified atom stereocenters. The minimum absolute atomic E-state index is 0.121. The lowest BCUT2D eigenvalue weighted by atomic mass is 10.2. The molecule has 6 heterocycles. The summed E-state index contributed by atoms with van der Waals surface area (Å²) in [4.78, 5) is 13.8. The summed E-state index contributed by atoms with van der Waals surface area (Å²) in [7, 11) is 2.14. The number of anilines is 1. The van der Waals surface area contributed by atoms with Crippen molar-refractivity contribution in [3.63, 3.8) is 0 Å². The first kappa shape index (κ1) is 20.4. The van der Waals surface area contributed by atoms with E-state index in [0.29, 0.717) is 23.9 Å². The summed E-state index contributed by atoms with van der Waals surface area (Å²) >= 11 is 0. The van der Waals surface area contributed by atoms with Crippen LogP contribution in [0.15, 0.2) is 41.1 Å². The lowest BCUT2D eigenvalue weighted by Crippen LogP contribution is -2.44. The fourth-order valence-corrected chi connectivity index (χ4v) is 4.56. The Labute approximate surface area is 190 Å². The van der Waals surface area contributed by atoms with Crippen molar-refractivity contribution in [2.24, 2.45) is 0 Å². The Morgan fingerprint density at radius 3 is 2.85 bits per heavy atom. The molecule has 2 fully saturated rings. The van der Waals surface area contributed by atoms with E-state index in [1.807, 2.05) is 24.3 Å². The zero-order chi connectivity index (χ0) is 22.4. The van der Waals surface area contributed by atoms with E-state index in [4.69, 9.17) is 9.15 Å². The van der Waals surface area contributed by atoms with Crippen LogP contribution in [0.5, 0.6) is 5.88 Å². The number of hydrogen-bond donors (Lipinski definition) is 2. The molecule has 0 radical (unpaired) electrons. The Morgan fingerprint density at radius 2 is 2.03 bits per heavy atom. The summed E-state index contributed by atoms with van der Waals surface area (Å²) in [5, 5.41) is 18.4. The van der Waals surface area contributed by atoms with Gasteiger partial charge in [0.1, 0.15) is 29.9 Å². The summed E-state index contributed by atoms with van der Waals surface area (Å²) < 4.78 is 13.8. The average Bonchev–Trinajstić information content (AvgIpc) is 3.55. The molecule has 33 heavy (non-hydrogen) atoms. The minimum Gasteiger partial charge on any atom is -0.475 e. The Bertz CT molecular complexity index is 1280. The van der Waals surface area contributed by atoms with Crippen LogP contribution in [-0.4, -0.2) is 81.7 Å². The largest absolute Gasteiger partial charge is 0.475 e. The molecule has 0 amide bonds. The lowest BCUT2D eigenvalue weighted by Gasteiger charge is -2.33. The van der Waals surface area contributed by atoms with Crippen molar-refractivity contribution in [2.75, 3.05) is 44.7 Å². The predicted octanol–water partition coefficient (Wildman–Crippen LogP) is 1.74. The van der Waals surface area contributed by atoms with E-state index in [0.717, 1.165) is 61.5 Å². The van der Waals surface area contributed by atoms with Crippen molar-refractivity contribution in [1.29, 1.82) is 0 Å². The lowest BCUT2D eigenvalue weighted by molar-refractivity contribution is 0.146. The van der Waals surface area contributed by atoms with Gasteiger partial charge >= 0.3 is 0 Å². The van der Waals surface area contributed by atoms with Crippen LogP contribution in [0.2, 0.25) is 0 Å². The topological polar surface area (TPSA) is 104 Å². The van der Waals surface area contributed by atoms with E-state index >= 15 is 0 Å². The summed E-state index contributed by atoms with van der Waals surface area (Å²) in [5.41, 5.74) is 2.26. The van der Waals surface area contributed by atoms with Crippen LogP contribution in [-0.2, 0) is 0 Å². The smallest absolute Gasteiger partial charge is 0.231 e. The third kappa shape index (κ3) is 3.90. The molecule has 6 rings (SSSR count). The molecule has 0 bridgehead atoms. The van der Waals surface area contributed by atoms with Crippen LogP contribution in [0, 0.1) is 0 Å². The van der Waals surface area contributed by atoms with E-state index in [9.17, 15) is 5.11 Å². The maximum Gasteiger partial charge on any atom is 0.231 e. The first-order chi connectivity index (χ1) is 16.1. The quantitative estimate of drug-likeness (QED) is 0.471. The highest BCUT2D eigenvalue weighted by molar-refractivity contribution is 5.92. The summed E-state index contributed by atoms with van der Waals surface area (Å²) in [6, 6.07) is 7.73. The Morgan fingerprint density at radius 1 is 1.15 bits per heavy atom. The van der Waals surface area contributed by atoms with E-state index in [1.54, 1.807) is 16.9 Å². The number of pyridine rings is 1. The summed E-state index contributed by atoms with van der Waals surface area (Å²) in [6.45, 7) is 4.35. The number of nitrogens with one attached hydrogen (secondary N) is 1. The van der Waals surface area contributed by atoms with Gasteiger partial charge in [-0.25, -0.2) is 14.5 Å².